The monoisotopic (exact) mass is 254 g/mol. The maximum atomic E-state index is 6.07. The van der Waals surface area contributed by atoms with Crippen LogP contribution in [-0.4, -0.2) is 0 Å². The Morgan fingerprint density at radius 3 is 2.16 bits per heavy atom. The van der Waals surface area contributed by atoms with Crippen molar-refractivity contribution in [3.05, 3.63) is 70.8 Å². The first kappa shape index (κ1) is 13.8. The minimum Gasteiger partial charge on any atom is -0.369 e. The molecule has 0 aliphatic heterocycles. The van der Waals surface area contributed by atoms with E-state index in [2.05, 4.69) is 63.2 Å². The van der Waals surface area contributed by atoms with Gasteiger partial charge in [-0.1, -0.05) is 66.6 Å². The fraction of sp³-hybridized carbons (Fsp3) is 0.333. The molecular formula is C18H22O. The van der Waals surface area contributed by atoms with E-state index in [-0.39, 0.29) is 6.10 Å². The minimum atomic E-state index is 0.182. The highest BCUT2D eigenvalue weighted by Crippen LogP contribution is 2.22. The van der Waals surface area contributed by atoms with Crippen LogP contribution in [0.1, 0.15) is 41.7 Å². The van der Waals surface area contributed by atoms with E-state index in [4.69, 9.17) is 4.74 Å². The number of rotatable bonds is 5. The fourth-order valence-electron chi connectivity index (χ4n) is 2.47. The quantitative estimate of drug-likeness (QED) is 0.732. The lowest BCUT2D eigenvalue weighted by Crippen LogP contribution is -2.03. The summed E-state index contributed by atoms with van der Waals surface area (Å²) in [6, 6.07) is 17.0. The Bertz CT molecular complexity index is 496. The second kappa shape index (κ2) is 6.53. The molecule has 0 radical (unpaired) electrons. The lowest BCUT2D eigenvalue weighted by molar-refractivity contribution is 0.0371. The molecule has 0 aromatic heterocycles. The zero-order chi connectivity index (χ0) is 13.7. The Labute approximate surface area is 116 Å². The van der Waals surface area contributed by atoms with Gasteiger partial charge in [0.25, 0.3) is 0 Å². The molecular weight excluding hydrogens is 232 g/mol. The average Bonchev–Trinajstić information content (AvgIpc) is 2.39. The van der Waals surface area contributed by atoms with Gasteiger partial charge in [-0.25, -0.2) is 0 Å². The second-order valence-corrected chi connectivity index (χ2v) is 5.11. The van der Waals surface area contributed by atoms with Gasteiger partial charge in [0.05, 0.1) is 12.7 Å². The van der Waals surface area contributed by atoms with Crippen LogP contribution in [-0.2, 0) is 11.3 Å². The highest BCUT2D eigenvalue weighted by Gasteiger charge is 2.09. The third-order valence-electron chi connectivity index (χ3n) is 3.27. The van der Waals surface area contributed by atoms with Gasteiger partial charge < -0.3 is 4.74 Å². The van der Waals surface area contributed by atoms with E-state index in [1.165, 1.54) is 22.3 Å². The van der Waals surface area contributed by atoms with Crippen molar-refractivity contribution in [3.8, 4) is 0 Å². The van der Waals surface area contributed by atoms with Gasteiger partial charge in [0.15, 0.2) is 0 Å². The van der Waals surface area contributed by atoms with Gasteiger partial charge in [-0.05, 0) is 31.4 Å². The van der Waals surface area contributed by atoms with E-state index in [9.17, 15) is 0 Å². The molecule has 0 N–H and O–H groups in total. The van der Waals surface area contributed by atoms with Gasteiger partial charge in [0.1, 0.15) is 0 Å². The third-order valence-corrected chi connectivity index (χ3v) is 3.27. The summed E-state index contributed by atoms with van der Waals surface area (Å²) in [6.07, 6.45) is 1.18. The van der Waals surface area contributed by atoms with Crippen LogP contribution in [0.3, 0.4) is 0 Å². The van der Waals surface area contributed by atoms with Crippen molar-refractivity contribution in [1.29, 1.82) is 0 Å². The molecule has 0 aliphatic rings. The maximum Gasteiger partial charge on any atom is 0.0826 e. The van der Waals surface area contributed by atoms with Gasteiger partial charge in [0.2, 0.25) is 0 Å². The van der Waals surface area contributed by atoms with Crippen molar-refractivity contribution in [2.45, 2.75) is 39.9 Å². The third kappa shape index (κ3) is 3.93. The lowest BCUT2D eigenvalue weighted by atomic mass is 10.1. The first-order valence-electron chi connectivity index (χ1n) is 6.92. The number of benzene rings is 2. The topological polar surface area (TPSA) is 9.23 Å². The molecule has 0 bridgehead atoms. The lowest BCUT2D eigenvalue weighted by Gasteiger charge is -2.17. The summed E-state index contributed by atoms with van der Waals surface area (Å²) in [7, 11) is 0. The van der Waals surface area contributed by atoms with Gasteiger partial charge in [-0.2, -0.15) is 0 Å². The molecule has 100 valence electrons. The number of hydrogen-bond acceptors (Lipinski definition) is 1. The number of aryl methyl sites for hydroxylation is 2. The predicted molar refractivity (Wildman–Crippen MR) is 80.2 cm³/mol. The molecule has 1 unspecified atom stereocenters. The van der Waals surface area contributed by atoms with Crippen molar-refractivity contribution in [2.24, 2.45) is 0 Å². The SMILES string of the molecule is CCC(OCc1cc(C)cc(C)c1)c1ccccc1. The van der Waals surface area contributed by atoms with Crippen LogP contribution in [0.5, 0.6) is 0 Å². The number of hydrogen-bond donors (Lipinski definition) is 0. The fourth-order valence-corrected chi connectivity index (χ4v) is 2.47. The van der Waals surface area contributed by atoms with E-state index in [0.717, 1.165) is 6.42 Å². The summed E-state index contributed by atoms with van der Waals surface area (Å²) < 4.78 is 6.07. The molecule has 1 heteroatoms. The average molecular weight is 254 g/mol. The molecule has 2 aromatic carbocycles. The van der Waals surface area contributed by atoms with Crippen LogP contribution < -0.4 is 0 Å². The highest BCUT2D eigenvalue weighted by atomic mass is 16.5. The van der Waals surface area contributed by atoms with Gasteiger partial charge >= 0.3 is 0 Å². The Morgan fingerprint density at radius 2 is 1.58 bits per heavy atom. The van der Waals surface area contributed by atoms with Crippen molar-refractivity contribution >= 4 is 0 Å². The Morgan fingerprint density at radius 1 is 0.947 bits per heavy atom. The van der Waals surface area contributed by atoms with Gasteiger partial charge in [-0.15, -0.1) is 0 Å². The van der Waals surface area contributed by atoms with E-state index in [1.807, 2.05) is 6.07 Å². The first-order chi connectivity index (χ1) is 9.19. The van der Waals surface area contributed by atoms with Crippen LogP contribution in [0.4, 0.5) is 0 Å². The minimum absolute atomic E-state index is 0.182. The summed E-state index contributed by atoms with van der Waals surface area (Å²) in [5.41, 5.74) is 5.11. The highest BCUT2D eigenvalue weighted by molar-refractivity contribution is 5.28. The molecule has 0 aliphatic carbocycles. The molecule has 0 amide bonds. The molecule has 0 heterocycles. The van der Waals surface area contributed by atoms with E-state index >= 15 is 0 Å². The Kier molecular flexibility index (Phi) is 4.75. The smallest absolute Gasteiger partial charge is 0.0826 e. The molecule has 1 atom stereocenters. The molecule has 0 spiro atoms. The van der Waals surface area contributed by atoms with Crippen LogP contribution in [0, 0.1) is 13.8 Å². The summed E-state index contributed by atoms with van der Waals surface area (Å²) in [6.45, 7) is 7.10. The van der Waals surface area contributed by atoms with Gasteiger partial charge in [0, 0.05) is 0 Å². The standard InChI is InChI=1S/C18H22O/c1-4-18(17-8-6-5-7-9-17)19-13-16-11-14(2)10-15(3)12-16/h5-12,18H,4,13H2,1-3H3. The van der Waals surface area contributed by atoms with Gasteiger partial charge in [-0.3, -0.25) is 0 Å². The summed E-state index contributed by atoms with van der Waals surface area (Å²) in [5.74, 6) is 0. The normalized spacial score (nSPS) is 12.4. The van der Waals surface area contributed by atoms with Crippen molar-refractivity contribution in [3.63, 3.8) is 0 Å². The molecule has 0 saturated heterocycles. The summed E-state index contributed by atoms with van der Waals surface area (Å²) >= 11 is 0. The molecule has 0 saturated carbocycles. The number of ether oxygens (including phenoxy) is 1. The summed E-state index contributed by atoms with van der Waals surface area (Å²) in [4.78, 5) is 0. The molecule has 19 heavy (non-hydrogen) atoms. The predicted octanol–water partition coefficient (Wildman–Crippen LogP) is 4.97. The molecule has 2 aromatic rings. The van der Waals surface area contributed by atoms with E-state index < -0.39 is 0 Å². The van der Waals surface area contributed by atoms with Crippen LogP contribution in [0.15, 0.2) is 48.5 Å². The second-order valence-electron chi connectivity index (χ2n) is 5.11. The zero-order valence-corrected chi connectivity index (χ0v) is 12.0. The van der Waals surface area contributed by atoms with Crippen molar-refractivity contribution < 1.29 is 4.74 Å². The maximum absolute atomic E-state index is 6.07. The Hall–Kier alpha value is -1.60. The molecule has 1 nitrogen and oxygen atoms in total. The zero-order valence-electron chi connectivity index (χ0n) is 12.0. The molecule has 0 fully saturated rings. The van der Waals surface area contributed by atoms with Crippen LogP contribution >= 0.6 is 0 Å². The molecule has 2 rings (SSSR count). The first-order valence-corrected chi connectivity index (χ1v) is 6.92. The van der Waals surface area contributed by atoms with E-state index in [1.54, 1.807) is 0 Å². The van der Waals surface area contributed by atoms with Crippen molar-refractivity contribution in [2.75, 3.05) is 0 Å². The largest absolute Gasteiger partial charge is 0.369 e. The van der Waals surface area contributed by atoms with Crippen LogP contribution in [0.2, 0.25) is 0 Å². The summed E-state index contributed by atoms with van der Waals surface area (Å²) in [5, 5.41) is 0. The van der Waals surface area contributed by atoms with E-state index in [0.29, 0.717) is 6.61 Å². The van der Waals surface area contributed by atoms with Crippen LogP contribution in [0.25, 0.3) is 0 Å². The Balaban J connectivity index is 2.04. The van der Waals surface area contributed by atoms with Crippen molar-refractivity contribution in [1.82, 2.24) is 0 Å².